The Kier molecular flexibility index (Phi) is 6.42. The maximum Gasteiger partial charge on any atom is 0.293 e. The predicted molar refractivity (Wildman–Crippen MR) is 149 cm³/mol. The number of hydrogen-bond donors (Lipinski definition) is 2. The number of ether oxygens (including phenoxy) is 1. The molecule has 0 aliphatic carbocycles. The van der Waals surface area contributed by atoms with Crippen LogP contribution < -0.4 is 10.1 Å². The Hall–Kier alpha value is -5.49. The van der Waals surface area contributed by atoms with Crippen LogP contribution in [0.15, 0.2) is 85.7 Å². The number of fused-ring (bicyclic) bond motifs is 1. The quantitative estimate of drug-likeness (QED) is 0.278. The summed E-state index contributed by atoms with van der Waals surface area (Å²) in [7, 11) is 0. The molecule has 6 rings (SSSR count). The van der Waals surface area contributed by atoms with Crippen molar-refractivity contribution < 1.29 is 19.4 Å². The molecule has 6 aromatic rings. The number of aromatic nitrogens is 6. The summed E-state index contributed by atoms with van der Waals surface area (Å²) in [6.45, 7) is 1.46. The zero-order chi connectivity index (χ0) is 27.6. The molecule has 196 valence electrons. The van der Waals surface area contributed by atoms with Gasteiger partial charge in [-0.05, 0) is 54.6 Å². The van der Waals surface area contributed by atoms with Gasteiger partial charge in [-0.15, -0.1) is 0 Å². The minimum atomic E-state index is -0.479. The Labute approximate surface area is 230 Å². The van der Waals surface area contributed by atoms with Crippen LogP contribution in [0, 0.1) is 0 Å². The molecule has 2 N–H and O–H groups in total. The van der Waals surface area contributed by atoms with Crippen LogP contribution in [0.4, 0.5) is 5.69 Å². The van der Waals surface area contributed by atoms with Crippen LogP contribution in [-0.4, -0.2) is 46.4 Å². The highest BCUT2D eigenvalue weighted by Crippen LogP contribution is 2.37. The van der Waals surface area contributed by atoms with E-state index in [9.17, 15) is 14.7 Å². The second-order valence-corrected chi connectivity index (χ2v) is 9.58. The molecule has 40 heavy (non-hydrogen) atoms. The third-order valence-electron chi connectivity index (χ3n) is 5.89. The number of carbonyl (C=O) groups is 2. The van der Waals surface area contributed by atoms with Gasteiger partial charge in [0.25, 0.3) is 5.91 Å². The lowest BCUT2D eigenvalue weighted by molar-refractivity contribution is 0.0940. The molecule has 0 bridgehead atoms. The maximum atomic E-state index is 12.8. The summed E-state index contributed by atoms with van der Waals surface area (Å²) >= 11 is 1.16. The Morgan fingerprint density at radius 3 is 2.45 bits per heavy atom. The molecule has 0 radical (unpaired) electrons. The number of nitrogens with one attached hydrogen (secondary N) is 1. The number of anilines is 1. The average molecular weight is 550 g/mol. The van der Waals surface area contributed by atoms with E-state index in [2.05, 4.69) is 30.2 Å². The fourth-order valence-electron chi connectivity index (χ4n) is 4.08. The zero-order valence-corrected chi connectivity index (χ0v) is 21.7. The van der Waals surface area contributed by atoms with E-state index in [1.807, 2.05) is 0 Å². The molecule has 5 heterocycles. The minimum Gasteiger partial charge on any atom is -0.499 e. The SMILES string of the molecule is CC(=O)n1cc(-c2ccncn2)c2c(Oc3ccc(NC(=O)c4nccc(-c5ccc(O)s5)n4)cc3)ccnc21. The smallest absolute Gasteiger partial charge is 0.293 e. The van der Waals surface area contributed by atoms with Crippen molar-refractivity contribution in [2.24, 2.45) is 0 Å². The first-order chi connectivity index (χ1) is 19.5. The van der Waals surface area contributed by atoms with Gasteiger partial charge in [-0.25, -0.2) is 24.9 Å². The van der Waals surface area contributed by atoms with Crippen molar-refractivity contribution >= 4 is 39.9 Å². The number of nitrogens with zero attached hydrogens (tertiary/aromatic N) is 6. The second-order valence-electron chi connectivity index (χ2n) is 8.52. The highest BCUT2D eigenvalue weighted by molar-refractivity contribution is 7.17. The van der Waals surface area contributed by atoms with Gasteiger partial charge in [-0.1, -0.05) is 11.3 Å². The Balaban J connectivity index is 1.24. The van der Waals surface area contributed by atoms with Crippen LogP contribution >= 0.6 is 11.3 Å². The molecule has 11 nitrogen and oxygen atoms in total. The van der Waals surface area contributed by atoms with Gasteiger partial charge in [0.2, 0.25) is 11.7 Å². The fraction of sp³-hybridized carbons (Fsp3) is 0.0357. The molecule has 0 spiro atoms. The van der Waals surface area contributed by atoms with Crippen molar-refractivity contribution in [1.82, 2.24) is 29.5 Å². The fourth-order valence-corrected chi connectivity index (χ4v) is 4.80. The van der Waals surface area contributed by atoms with E-state index in [4.69, 9.17) is 4.74 Å². The van der Waals surface area contributed by atoms with Crippen molar-refractivity contribution in [3.63, 3.8) is 0 Å². The Bertz CT molecular complexity index is 1870. The molecular weight excluding hydrogens is 530 g/mol. The number of thiophene rings is 1. The van der Waals surface area contributed by atoms with Gasteiger partial charge in [0, 0.05) is 43.0 Å². The van der Waals surface area contributed by atoms with Crippen LogP contribution in [0.1, 0.15) is 22.3 Å². The van der Waals surface area contributed by atoms with Crippen molar-refractivity contribution in [3.05, 3.63) is 91.5 Å². The molecule has 12 heteroatoms. The zero-order valence-electron chi connectivity index (χ0n) is 20.8. The second kappa shape index (κ2) is 10.3. The van der Waals surface area contributed by atoms with Gasteiger partial charge in [0.1, 0.15) is 17.8 Å². The molecule has 0 saturated carbocycles. The standard InChI is InChI=1S/C28H19N7O4S/c1-16(36)35-14-19(20-8-11-29-15-32-20)25-22(10-13-31-27(25)35)39-18-4-2-17(3-5-18)33-28(38)26-30-12-9-21(34-26)23-6-7-24(37)40-23/h2-15,37H,1H3,(H,33,38). The molecule has 0 aliphatic rings. The summed E-state index contributed by atoms with van der Waals surface area (Å²) in [6.07, 6.45) is 7.81. The van der Waals surface area contributed by atoms with Crippen molar-refractivity contribution in [1.29, 1.82) is 0 Å². The molecular formula is C28H19N7O4S. The van der Waals surface area contributed by atoms with Crippen LogP contribution in [0.3, 0.4) is 0 Å². The number of pyridine rings is 1. The van der Waals surface area contributed by atoms with Gasteiger partial charge < -0.3 is 15.2 Å². The van der Waals surface area contributed by atoms with Gasteiger partial charge in [0.15, 0.2) is 10.7 Å². The van der Waals surface area contributed by atoms with Crippen LogP contribution in [-0.2, 0) is 0 Å². The topological polar surface area (TPSA) is 145 Å². The summed E-state index contributed by atoms with van der Waals surface area (Å²) in [6, 6.07) is 15.2. The Morgan fingerprint density at radius 1 is 0.925 bits per heavy atom. The van der Waals surface area contributed by atoms with E-state index < -0.39 is 5.91 Å². The largest absolute Gasteiger partial charge is 0.499 e. The third-order valence-corrected chi connectivity index (χ3v) is 6.80. The van der Waals surface area contributed by atoms with Gasteiger partial charge in [-0.2, -0.15) is 0 Å². The molecule has 0 unspecified atom stereocenters. The molecule has 0 saturated heterocycles. The summed E-state index contributed by atoms with van der Waals surface area (Å²) in [5, 5.41) is 13.2. The first-order valence-electron chi connectivity index (χ1n) is 11.9. The van der Waals surface area contributed by atoms with Crippen molar-refractivity contribution in [2.75, 3.05) is 5.32 Å². The molecule has 1 amide bonds. The molecule has 5 aromatic heterocycles. The average Bonchev–Trinajstić information content (AvgIpc) is 3.59. The summed E-state index contributed by atoms with van der Waals surface area (Å²) in [5.74, 6) is 0.313. The van der Waals surface area contributed by atoms with E-state index in [0.717, 1.165) is 16.2 Å². The molecule has 0 aliphatic heterocycles. The van der Waals surface area contributed by atoms with E-state index in [1.165, 1.54) is 24.0 Å². The van der Waals surface area contributed by atoms with Gasteiger partial charge in [-0.3, -0.25) is 14.2 Å². The minimum absolute atomic E-state index is 0.00266. The van der Waals surface area contributed by atoms with Crippen LogP contribution in [0.2, 0.25) is 0 Å². The number of rotatable bonds is 6. The third kappa shape index (κ3) is 4.86. The number of carbonyl (C=O) groups excluding carboxylic acids is 2. The van der Waals surface area contributed by atoms with E-state index in [1.54, 1.807) is 73.2 Å². The summed E-state index contributed by atoms with van der Waals surface area (Å²) in [5.41, 5.74) is 2.81. The van der Waals surface area contributed by atoms with Crippen LogP contribution in [0.5, 0.6) is 16.6 Å². The lowest BCUT2D eigenvalue weighted by Crippen LogP contribution is -2.15. The van der Waals surface area contributed by atoms with Crippen molar-refractivity contribution in [3.8, 4) is 38.4 Å². The molecule has 0 atom stereocenters. The van der Waals surface area contributed by atoms with Crippen LogP contribution in [0.25, 0.3) is 32.9 Å². The van der Waals surface area contributed by atoms with Crippen molar-refractivity contribution in [2.45, 2.75) is 6.92 Å². The van der Waals surface area contributed by atoms with Gasteiger partial charge in [0.05, 0.1) is 21.7 Å². The van der Waals surface area contributed by atoms with E-state index in [-0.39, 0.29) is 16.8 Å². The number of aromatic hydroxyl groups is 1. The normalized spacial score (nSPS) is 10.9. The van der Waals surface area contributed by atoms with E-state index in [0.29, 0.717) is 45.2 Å². The highest BCUT2D eigenvalue weighted by Gasteiger charge is 2.19. The maximum absolute atomic E-state index is 12.8. The lowest BCUT2D eigenvalue weighted by atomic mass is 10.1. The number of amides is 1. The first-order valence-corrected chi connectivity index (χ1v) is 12.8. The number of hydrogen-bond acceptors (Lipinski definition) is 10. The predicted octanol–water partition coefficient (Wildman–Crippen LogP) is 5.42. The van der Waals surface area contributed by atoms with E-state index >= 15 is 0 Å². The summed E-state index contributed by atoms with van der Waals surface area (Å²) in [4.78, 5) is 46.9. The highest BCUT2D eigenvalue weighted by atomic mass is 32.1. The summed E-state index contributed by atoms with van der Waals surface area (Å²) < 4.78 is 7.65. The van der Waals surface area contributed by atoms with Gasteiger partial charge >= 0.3 is 0 Å². The molecule has 1 aromatic carbocycles. The molecule has 0 fully saturated rings. The lowest BCUT2D eigenvalue weighted by Gasteiger charge is -2.10. The number of benzene rings is 1. The Morgan fingerprint density at radius 2 is 1.73 bits per heavy atom. The monoisotopic (exact) mass is 549 g/mol. The first kappa shape index (κ1) is 24.8.